The normalized spacial score (nSPS) is 19.2. The van der Waals surface area contributed by atoms with Crippen LogP contribution < -0.4 is 15.0 Å². The molecule has 7 nitrogen and oxygen atoms in total. The molecule has 1 atom stereocenters. The van der Waals surface area contributed by atoms with E-state index in [1.807, 2.05) is 25.1 Å². The second-order valence-electron chi connectivity index (χ2n) is 7.71. The summed E-state index contributed by atoms with van der Waals surface area (Å²) in [6.45, 7) is 8.33. The van der Waals surface area contributed by atoms with E-state index in [2.05, 4.69) is 10.2 Å². The Morgan fingerprint density at radius 1 is 1.10 bits per heavy atom. The first-order valence-electron chi connectivity index (χ1n) is 10.3. The Hall–Kier alpha value is -2.90. The van der Waals surface area contributed by atoms with Gasteiger partial charge in [0.1, 0.15) is 5.75 Å². The van der Waals surface area contributed by atoms with Gasteiger partial charge in [-0.05, 0) is 38.1 Å². The van der Waals surface area contributed by atoms with E-state index in [1.54, 1.807) is 36.1 Å². The zero-order chi connectivity index (χ0) is 21.1. The maximum absolute atomic E-state index is 12.7. The highest BCUT2D eigenvalue weighted by atomic mass is 16.5. The molecule has 0 radical (unpaired) electrons. The molecule has 4 rings (SSSR count). The van der Waals surface area contributed by atoms with Crippen molar-refractivity contribution in [2.75, 3.05) is 49.6 Å². The molecule has 2 aliphatic heterocycles. The lowest BCUT2D eigenvalue weighted by Gasteiger charge is -2.35. The minimum atomic E-state index is -0.565. The van der Waals surface area contributed by atoms with Gasteiger partial charge in [-0.2, -0.15) is 0 Å². The summed E-state index contributed by atoms with van der Waals surface area (Å²) in [6.07, 6.45) is -0.565. The van der Waals surface area contributed by atoms with Crippen LogP contribution in [0.15, 0.2) is 42.5 Å². The van der Waals surface area contributed by atoms with Crippen LogP contribution in [0.5, 0.6) is 5.75 Å². The Bertz CT molecular complexity index is 923. The van der Waals surface area contributed by atoms with Gasteiger partial charge in [-0.1, -0.05) is 17.7 Å². The molecule has 2 aliphatic rings. The Labute approximate surface area is 176 Å². The second-order valence-corrected chi connectivity index (χ2v) is 7.71. The Morgan fingerprint density at radius 2 is 1.83 bits per heavy atom. The highest BCUT2D eigenvalue weighted by molar-refractivity contribution is 6.05. The van der Waals surface area contributed by atoms with Crippen molar-refractivity contribution < 1.29 is 19.1 Å². The largest absolute Gasteiger partial charge is 0.479 e. The van der Waals surface area contributed by atoms with Crippen LogP contribution in [0.25, 0.3) is 0 Å². The number of aryl methyl sites for hydroxylation is 1. The van der Waals surface area contributed by atoms with E-state index in [0.717, 1.165) is 44.1 Å². The zero-order valence-electron chi connectivity index (χ0n) is 17.4. The molecule has 1 fully saturated rings. The molecule has 30 heavy (non-hydrogen) atoms. The number of amides is 2. The van der Waals surface area contributed by atoms with E-state index in [4.69, 9.17) is 9.47 Å². The number of ether oxygens (including phenoxy) is 2. The quantitative estimate of drug-likeness (QED) is 0.822. The number of nitrogens with one attached hydrogen (secondary N) is 1. The number of nitrogens with zero attached hydrogens (tertiary/aromatic N) is 2. The standard InChI is InChI=1S/C23H27N3O4/c1-16-3-5-18(6-4-16)22(27)24-19-7-8-20-21(15-19)30-17(2)23(28)26(20)10-9-25-11-13-29-14-12-25/h3-8,15,17H,9-14H2,1-2H3,(H,24,27). The first-order valence-corrected chi connectivity index (χ1v) is 10.3. The minimum absolute atomic E-state index is 0.0489. The van der Waals surface area contributed by atoms with E-state index in [-0.39, 0.29) is 11.8 Å². The number of fused-ring (bicyclic) bond motifs is 1. The summed E-state index contributed by atoms with van der Waals surface area (Å²) in [7, 11) is 0. The third-order valence-corrected chi connectivity index (χ3v) is 5.48. The molecule has 2 amide bonds. The lowest BCUT2D eigenvalue weighted by atomic mass is 10.1. The predicted molar refractivity (Wildman–Crippen MR) is 115 cm³/mol. The zero-order valence-corrected chi connectivity index (χ0v) is 17.4. The molecule has 2 aromatic rings. The number of anilines is 2. The topological polar surface area (TPSA) is 71.1 Å². The van der Waals surface area contributed by atoms with Crippen LogP contribution in [0.4, 0.5) is 11.4 Å². The van der Waals surface area contributed by atoms with Crippen LogP contribution in [-0.2, 0) is 9.53 Å². The van der Waals surface area contributed by atoms with Gasteiger partial charge in [-0.15, -0.1) is 0 Å². The summed E-state index contributed by atoms with van der Waals surface area (Å²) in [4.78, 5) is 29.3. The summed E-state index contributed by atoms with van der Waals surface area (Å²) in [5.41, 5.74) is 3.06. The van der Waals surface area contributed by atoms with Crippen LogP contribution in [0.1, 0.15) is 22.8 Å². The molecule has 2 heterocycles. The van der Waals surface area contributed by atoms with E-state index in [9.17, 15) is 9.59 Å². The number of hydrogen-bond acceptors (Lipinski definition) is 5. The average Bonchev–Trinajstić information content (AvgIpc) is 2.75. The van der Waals surface area contributed by atoms with E-state index in [0.29, 0.717) is 23.5 Å². The molecule has 158 valence electrons. The van der Waals surface area contributed by atoms with Crippen LogP contribution in [-0.4, -0.2) is 62.2 Å². The van der Waals surface area contributed by atoms with Crippen LogP contribution >= 0.6 is 0 Å². The summed E-state index contributed by atoms with van der Waals surface area (Å²) in [5.74, 6) is 0.372. The van der Waals surface area contributed by atoms with Gasteiger partial charge >= 0.3 is 0 Å². The molecule has 2 aromatic carbocycles. The van der Waals surface area contributed by atoms with Crippen molar-refractivity contribution in [2.45, 2.75) is 20.0 Å². The van der Waals surface area contributed by atoms with E-state index >= 15 is 0 Å². The molecule has 1 N–H and O–H groups in total. The van der Waals surface area contributed by atoms with Crippen molar-refractivity contribution in [1.82, 2.24) is 4.90 Å². The maximum Gasteiger partial charge on any atom is 0.267 e. The lowest BCUT2D eigenvalue weighted by Crippen LogP contribution is -2.48. The van der Waals surface area contributed by atoms with Crippen molar-refractivity contribution >= 4 is 23.2 Å². The molecule has 7 heteroatoms. The van der Waals surface area contributed by atoms with Gasteiger partial charge in [0.05, 0.1) is 18.9 Å². The van der Waals surface area contributed by atoms with Crippen molar-refractivity contribution in [3.05, 3.63) is 53.6 Å². The molecule has 0 aliphatic carbocycles. The minimum Gasteiger partial charge on any atom is -0.479 e. The summed E-state index contributed by atoms with van der Waals surface area (Å²) in [5, 5.41) is 2.91. The Balaban J connectivity index is 1.48. The maximum atomic E-state index is 12.7. The first-order chi connectivity index (χ1) is 14.5. The Morgan fingerprint density at radius 3 is 2.57 bits per heavy atom. The molecule has 1 saturated heterocycles. The monoisotopic (exact) mass is 409 g/mol. The van der Waals surface area contributed by atoms with Gasteiger partial charge in [0.2, 0.25) is 0 Å². The van der Waals surface area contributed by atoms with Crippen molar-refractivity contribution in [3.63, 3.8) is 0 Å². The molecular formula is C23H27N3O4. The second kappa shape index (κ2) is 8.85. The van der Waals surface area contributed by atoms with Gasteiger partial charge < -0.3 is 19.7 Å². The third kappa shape index (κ3) is 4.47. The SMILES string of the molecule is Cc1ccc(C(=O)Nc2ccc3c(c2)OC(C)C(=O)N3CCN2CCOCC2)cc1. The summed E-state index contributed by atoms with van der Waals surface area (Å²) < 4.78 is 11.2. The highest BCUT2D eigenvalue weighted by Gasteiger charge is 2.32. The van der Waals surface area contributed by atoms with Gasteiger partial charge in [-0.25, -0.2) is 0 Å². The predicted octanol–water partition coefficient (Wildman–Crippen LogP) is 2.69. The van der Waals surface area contributed by atoms with Crippen molar-refractivity contribution in [1.29, 1.82) is 0 Å². The fourth-order valence-corrected chi connectivity index (χ4v) is 3.69. The molecule has 0 spiro atoms. The third-order valence-electron chi connectivity index (χ3n) is 5.48. The summed E-state index contributed by atoms with van der Waals surface area (Å²) in [6, 6.07) is 12.8. The van der Waals surface area contributed by atoms with Gasteiger partial charge in [0.25, 0.3) is 11.8 Å². The fourth-order valence-electron chi connectivity index (χ4n) is 3.69. The fraction of sp³-hybridized carbons (Fsp3) is 0.391. The number of rotatable bonds is 5. The van der Waals surface area contributed by atoms with Gasteiger partial charge in [-0.3, -0.25) is 14.5 Å². The number of benzene rings is 2. The van der Waals surface area contributed by atoms with E-state index < -0.39 is 6.10 Å². The number of carbonyl (C=O) groups is 2. The first kappa shape index (κ1) is 20.4. The molecule has 1 unspecified atom stereocenters. The van der Waals surface area contributed by atoms with Crippen LogP contribution in [0.3, 0.4) is 0 Å². The van der Waals surface area contributed by atoms with E-state index in [1.165, 1.54) is 0 Å². The smallest absolute Gasteiger partial charge is 0.267 e. The van der Waals surface area contributed by atoms with Gasteiger partial charge in [0.15, 0.2) is 6.10 Å². The lowest BCUT2D eigenvalue weighted by molar-refractivity contribution is -0.125. The number of hydrogen-bond donors (Lipinski definition) is 1. The van der Waals surface area contributed by atoms with Crippen LogP contribution in [0, 0.1) is 6.92 Å². The molecule has 0 aromatic heterocycles. The molecular weight excluding hydrogens is 382 g/mol. The summed E-state index contributed by atoms with van der Waals surface area (Å²) >= 11 is 0. The highest BCUT2D eigenvalue weighted by Crippen LogP contribution is 2.36. The van der Waals surface area contributed by atoms with Crippen LogP contribution in [0.2, 0.25) is 0 Å². The Kier molecular flexibility index (Phi) is 6.01. The number of carbonyl (C=O) groups excluding carboxylic acids is 2. The average molecular weight is 409 g/mol. The van der Waals surface area contributed by atoms with Crippen molar-refractivity contribution in [3.8, 4) is 5.75 Å². The molecule has 0 saturated carbocycles. The van der Waals surface area contributed by atoms with Crippen molar-refractivity contribution in [2.24, 2.45) is 0 Å². The molecule has 0 bridgehead atoms. The number of morpholine rings is 1. The van der Waals surface area contributed by atoms with Gasteiger partial charge in [0, 0.05) is 43.5 Å².